The first-order valence-electron chi connectivity index (χ1n) is 6.55. The summed E-state index contributed by atoms with van der Waals surface area (Å²) >= 11 is 0. The number of anilines is 1. The van der Waals surface area contributed by atoms with E-state index in [1.807, 2.05) is 0 Å². The molecule has 1 aliphatic heterocycles. The number of nitrogens with two attached hydrogens (primary N) is 1. The quantitative estimate of drug-likeness (QED) is 0.361. The van der Waals surface area contributed by atoms with Gasteiger partial charge in [-0.15, -0.1) is 0 Å². The van der Waals surface area contributed by atoms with Crippen LogP contribution in [-0.2, 0) is 4.74 Å². The molecule has 1 aromatic rings. The molecule has 1 saturated heterocycles. The summed E-state index contributed by atoms with van der Waals surface area (Å²) in [6.45, 7) is 4.46. The number of pyridine rings is 1. The van der Waals surface area contributed by atoms with Crippen molar-refractivity contribution in [1.29, 1.82) is 0 Å². The van der Waals surface area contributed by atoms with Crippen LogP contribution in [0.2, 0.25) is 0 Å². The first-order valence-corrected chi connectivity index (χ1v) is 6.55. The van der Waals surface area contributed by atoms with Crippen molar-refractivity contribution >= 4 is 11.7 Å². The van der Waals surface area contributed by atoms with Gasteiger partial charge in [0.25, 0.3) is 0 Å². The lowest BCUT2D eigenvalue weighted by molar-refractivity contribution is 0.115. The second kappa shape index (κ2) is 6.38. The van der Waals surface area contributed by atoms with Crippen molar-refractivity contribution in [3.63, 3.8) is 0 Å². The third-order valence-electron chi connectivity index (χ3n) is 3.30. The van der Waals surface area contributed by atoms with Crippen molar-refractivity contribution in [3.8, 4) is 0 Å². The Morgan fingerprint density at radius 1 is 1.68 bits per heavy atom. The third kappa shape index (κ3) is 3.14. The molecule has 0 aromatic carbocycles. The number of likely N-dealkylation sites (N-methyl/N-ethyl adjacent to an activating group) is 1. The van der Waals surface area contributed by atoms with Gasteiger partial charge in [-0.25, -0.2) is 4.98 Å². The first-order chi connectivity index (χ1) is 9.26. The maximum Gasteiger partial charge on any atom is 0.173 e. The number of hydrogen-bond acceptors (Lipinski definition) is 5. The van der Waals surface area contributed by atoms with Gasteiger partial charge in [0.2, 0.25) is 0 Å². The molecule has 0 aliphatic carbocycles. The summed E-state index contributed by atoms with van der Waals surface area (Å²) in [5, 5.41) is 11.9. The van der Waals surface area contributed by atoms with Gasteiger partial charge in [-0.1, -0.05) is 5.16 Å². The number of aromatic nitrogens is 1. The lowest BCUT2D eigenvalue weighted by Crippen LogP contribution is -2.34. The molecule has 6 nitrogen and oxygen atoms in total. The second-order valence-corrected chi connectivity index (χ2v) is 4.53. The second-order valence-electron chi connectivity index (χ2n) is 4.53. The molecule has 2 rings (SSSR count). The normalized spacial score (nSPS) is 19.6. The smallest absolute Gasteiger partial charge is 0.173 e. The standard InChI is InChI=1S/C13H20N4O2/c1-2-17(9-10-5-4-8-19-10)13-11(12(14)16-18)6-3-7-15-13/h3,6-7,10,18H,2,4-5,8-9H2,1H3,(H2,14,16). The predicted octanol–water partition coefficient (Wildman–Crippen LogP) is 1.18. The minimum atomic E-state index is 0.0777. The van der Waals surface area contributed by atoms with E-state index in [2.05, 4.69) is 22.0 Å². The summed E-state index contributed by atoms with van der Waals surface area (Å²) in [4.78, 5) is 6.46. The van der Waals surface area contributed by atoms with Gasteiger partial charge in [0.05, 0.1) is 11.7 Å². The van der Waals surface area contributed by atoms with Crippen molar-refractivity contribution in [3.05, 3.63) is 23.9 Å². The van der Waals surface area contributed by atoms with Crippen molar-refractivity contribution in [1.82, 2.24) is 4.98 Å². The molecule has 0 amide bonds. The zero-order valence-electron chi connectivity index (χ0n) is 11.1. The number of amidine groups is 1. The van der Waals surface area contributed by atoms with Crippen molar-refractivity contribution in [2.45, 2.75) is 25.9 Å². The van der Waals surface area contributed by atoms with E-state index in [-0.39, 0.29) is 11.9 Å². The lowest BCUT2D eigenvalue weighted by atomic mass is 10.2. The van der Waals surface area contributed by atoms with Gasteiger partial charge < -0.3 is 20.6 Å². The summed E-state index contributed by atoms with van der Waals surface area (Å²) in [5.74, 6) is 0.810. The van der Waals surface area contributed by atoms with Crippen LogP contribution in [0, 0.1) is 0 Å². The highest BCUT2D eigenvalue weighted by Gasteiger charge is 2.21. The monoisotopic (exact) mass is 264 g/mol. The van der Waals surface area contributed by atoms with E-state index in [1.54, 1.807) is 18.3 Å². The predicted molar refractivity (Wildman–Crippen MR) is 73.6 cm³/mol. The number of rotatable bonds is 5. The van der Waals surface area contributed by atoms with Gasteiger partial charge in [0, 0.05) is 25.9 Å². The summed E-state index contributed by atoms with van der Waals surface area (Å²) < 4.78 is 5.65. The summed E-state index contributed by atoms with van der Waals surface area (Å²) in [6, 6.07) is 3.58. The fraction of sp³-hybridized carbons (Fsp3) is 0.538. The molecule has 1 atom stereocenters. The topological polar surface area (TPSA) is 84.0 Å². The molecule has 1 fully saturated rings. The molecule has 104 valence electrons. The van der Waals surface area contributed by atoms with Gasteiger partial charge in [-0.2, -0.15) is 0 Å². The molecule has 0 spiro atoms. The SMILES string of the molecule is CCN(CC1CCCO1)c1ncccc1C(N)=NO. The summed E-state index contributed by atoms with van der Waals surface area (Å²) in [6.07, 6.45) is 4.13. The van der Waals surface area contributed by atoms with Crippen LogP contribution < -0.4 is 10.6 Å². The van der Waals surface area contributed by atoms with E-state index < -0.39 is 0 Å². The number of ether oxygens (including phenoxy) is 1. The Morgan fingerprint density at radius 2 is 2.53 bits per heavy atom. The van der Waals surface area contributed by atoms with Gasteiger partial charge in [0.15, 0.2) is 5.84 Å². The molecule has 1 unspecified atom stereocenters. The fourth-order valence-electron chi connectivity index (χ4n) is 2.30. The zero-order chi connectivity index (χ0) is 13.7. The van der Waals surface area contributed by atoms with Crippen molar-refractivity contribution in [2.24, 2.45) is 10.9 Å². The van der Waals surface area contributed by atoms with Gasteiger partial charge >= 0.3 is 0 Å². The molecular formula is C13H20N4O2. The fourth-order valence-corrected chi connectivity index (χ4v) is 2.30. The molecule has 0 radical (unpaired) electrons. The van der Waals surface area contributed by atoms with Crippen LogP contribution in [0.3, 0.4) is 0 Å². The number of nitrogens with zero attached hydrogens (tertiary/aromatic N) is 3. The van der Waals surface area contributed by atoms with E-state index in [4.69, 9.17) is 15.7 Å². The largest absolute Gasteiger partial charge is 0.409 e. The van der Waals surface area contributed by atoms with Crippen LogP contribution in [0.25, 0.3) is 0 Å². The highest BCUT2D eigenvalue weighted by atomic mass is 16.5. The Bertz CT molecular complexity index is 444. The van der Waals surface area contributed by atoms with Gasteiger partial charge in [-0.05, 0) is 31.9 Å². The molecule has 1 aliphatic rings. The van der Waals surface area contributed by atoms with E-state index in [0.717, 1.165) is 38.4 Å². The van der Waals surface area contributed by atoms with Crippen LogP contribution >= 0.6 is 0 Å². The molecule has 19 heavy (non-hydrogen) atoms. The van der Waals surface area contributed by atoms with Crippen LogP contribution in [0.4, 0.5) is 5.82 Å². The molecule has 2 heterocycles. The Hall–Kier alpha value is -1.82. The molecule has 6 heteroatoms. The highest BCUT2D eigenvalue weighted by Crippen LogP contribution is 2.20. The van der Waals surface area contributed by atoms with E-state index >= 15 is 0 Å². The number of hydrogen-bond donors (Lipinski definition) is 2. The average Bonchev–Trinajstić information content (AvgIpc) is 2.97. The van der Waals surface area contributed by atoms with Crippen molar-refractivity contribution in [2.75, 3.05) is 24.6 Å². The van der Waals surface area contributed by atoms with E-state index in [1.165, 1.54) is 0 Å². The van der Waals surface area contributed by atoms with E-state index in [0.29, 0.717) is 5.56 Å². The highest BCUT2D eigenvalue weighted by molar-refractivity contribution is 6.01. The Morgan fingerprint density at radius 3 is 3.16 bits per heavy atom. The van der Waals surface area contributed by atoms with Crippen LogP contribution in [0.5, 0.6) is 0 Å². The molecule has 3 N–H and O–H groups in total. The summed E-state index contributed by atoms with van der Waals surface area (Å²) in [7, 11) is 0. The minimum Gasteiger partial charge on any atom is -0.409 e. The molecule has 0 saturated carbocycles. The Kier molecular flexibility index (Phi) is 4.57. The molecule has 0 bridgehead atoms. The Balaban J connectivity index is 2.22. The minimum absolute atomic E-state index is 0.0777. The maximum atomic E-state index is 8.84. The first kappa shape index (κ1) is 13.6. The number of oxime groups is 1. The van der Waals surface area contributed by atoms with Crippen LogP contribution in [-0.4, -0.2) is 41.8 Å². The zero-order valence-corrected chi connectivity index (χ0v) is 11.1. The molecular weight excluding hydrogens is 244 g/mol. The van der Waals surface area contributed by atoms with Gasteiger partial charge in [-0.3, -0.25) is 0 Å². The van der Waals surface area contributed by atoms with E-state index in [9.17, 15) is 0 Å². The Labute approximate surface area is 112 Å². The molecule has 1 aromatic heterocycles. The van der Waals surface area contributed by atoms with Gasteiger partial charge in [0.1, 0.15) is 5.82 Å². The maximum absolute atomic E-state index is 8.84. The third-order valence-corrected chi connectivity index (χ3v) is 3.30. The van der Waals surface area contributed by atoms with Crippen LogP contribution in [0.15, 0.2) is 23.5 Å². The van der Waals surface area contributed by atoms with Crippen LogP contribution in [0.1, 0.15) is 25.3 Å². The summed E-state index contributed by atoms with van der Waals surface area (Å²) in [5.41, 5.74) is 6.34. The van der Waals surface area contributed by atoms with Crippen molar-refractivity contribution < 1.29 is 9.94 Å². The average molecular weight is 264 g/mol. The lowest BCUT2D eigenvalue weighted by Gasteiger charge is -2.26.